The number of halogens is 2. The van der Waals surface area contributed by atoms with E-state index in [1.54, 1.807) is 6.07 Å². The molecule has 146 valence electrons. The van der Waals surface area contributed by atoms with Crippen LogP contribution in [0.25, 0.3) is 0 Å². The van der Waals surface area contributed by atoms with E-state index in [1.807, 2.05) is 55.3 Å². The van der Waals surface area contributed by atoms with Gasteiger partial charge in [0.15, 0.2) is 5.96 Å². The largest absolute Gasteiger partial charge is 0.357 e. The van der Waals surface area contributed by atoms with Gasteiger partial charge in [-0.1, -0.05) is 42.5 Å². The highest BCUT2D eigenvalue weighted by Crippen LogP contribution is 2.06. The molecule has 0 aliphatic carbocycles. The lowest BCUT2D eigenvalue weighted by Gasteiger charge is -2.22. The number of nitrogens with one attached hydrogen (secondary N) is 2. The average molecular weight is 484 g/mol. The fourth-order valence-electron chi connectivity index (χ4n) is 2.45. The number of aliphatic imine (C=N–C) groups is 1. The van der Waals surface area contributed by atoms with Crippen molar-refractivity contribution in [3.05, 3.63) is 71.5 Å². The summed E-state index contributed by atoms with van der Waals surface area (Å²) in [7, 11) is 1.86. The van der Waals surface area contributed by atoms with Gasteiger partial charge < -0.3 is 15.5 Å². The van der Waals surface area contributed by atoms with Gasteiger partial charge in [0, 0.05) is 26.7 Å². The summed E-state index contributed by atoms with van der Waals surface area (Å²) in [6.45, 7) is 3.64. The Morgan fingerprint density at radius 1 is 1.07 bits per heavy atom. The molecule has 0 aliphatic heterocycles. The van der Waals surface area contributed by atoms with Crippen molar-refractivity contribution in [2.75, 3.05) is 20.1 Å². The average Bonchev–Trinajstić information content (AvgIpc) is 2.64. The highest BCUT2D eigenvalue weighted by molar-refractivity contribution is 14.0. The van der Waals surface area contributed by atoms with E-state index >= 15 is 0 Å². The summed E-state index contributed by atoms with van der Waals surface area (Å²) in [5, 5.41) is 6.00. The number of carbonyl (C=O) groups excluding carboxylic acids is 1. The third kappa shape index (κ3) is 8.38. The minimum Gasteiger partial charge on any atom is -0.357 e. The highest BCUT2D eigenvalue weighted by Gasteiger charge is 2.08. The topological polar surface area (TPSA) is 56.7 Å². The van der Waals surface area contributed by atoms with Gasteiger partial charge >= 0.3 is 0 Å². The normalized spacial score (nSPS) is 10.7. The molecule has 0 atom stereocenters. The van der Waals surface area contributed by atoms with E-state index in [0.717, 1.165) is 11.1 Å². The van der Waals surface area contributed by atoms with Crippen LogP contribution in [0.5, 0.6) is 0 Å². The third-order valence-corrected chi connectivity index (χ3v) is 3.71. The zero-order valence-corrected chi connectivity index (χ0v) is 17.9. The second kappa shape index (κ2) is 12.3. The molecule has 2 aromatic carbocycles. The van der Waals surface area contributed by atoms with Gasteiger partial charge in [-0.25, -0.2) is 9.38 Å². The minimum atomic E-state index is -0.266. The van der Waals surface area contributed by atoms with Crippen LogP contribution in [0.15, 0.2) is 59.6 Å². The van der Waals surface area contributed by atoms with Crippen LogP contribution in [0.4, 0.5) is 4.39 Å². The molecule has 0 saturated carbocycles. The minimum absolute atomic E-state index is 0. The zero-order chi connectivity index (χ0) is 18.8. The Morgan fingerprint density at radius 3 is 2.44 bits per heavy atom. The fourth-order valence-corrected chi connectivity index (χ4v) is 2.45. The lowest BCUT2D eigenvalue weighted by atomic mass is 10.2. The molecule has 7 heteroatoms. The molecule has 0 radical (unpaired) electrons. The SMILES string of the molecule is CCNC(=NCC(=O)NCc1ccccc1)N(C)Cc1cccc(F)c1.I. The van der Waals surface area contributed by atoms with Crippen LogP contribution in [0.3, 0.4) is 0 Å². The smallest absolute Gasteiger partial charge is 0.242 e. The molecule has 0 heterocycles. The molecule has 5 nitrogen and oxygen atoms in total. The van der Waals surface area contributed by atoms with Gasteiger partial charge in [-0.3, -0.25) is 4.79 Å². The van der Waals surface area contributed by atoms with Crippen molar-refractivity contribution in [2.24, 2.45) is 4.99 Å². The molecule has 27 heavy (non-hydrogen) atoms. The predicted octanol–water partition coefficient (Wildman–Crippen LogP) is 3.16. The second-order valence-electron chi connectivity index (χ2n) is 5.92. The first-order valence-electron chi connectivity index (χ1n) is 8.63. The van der Waals surface area contributed by atoms with Gasteiger partial charge in [0.25, 0.3) is 0 Å². The number of carbonyl (C=O) groups is 1. The van der Waals surface area contributed by atoms with Gasteiger partial charge in [0.1, 0.15) is 12.4 Å². The molecule has 2 rings (SSSR count). The van der Waals surface area contributed by atoms with Gasteiger partial charge in [0.2, 0.25) is 5.91 Å². The number of nitrogens with zero attached hydrogens (tertiary/aromatic N) is 2. The second-order valence-corrected chi connectivity index (χ2v) is 5.92. The van der Waals surface area contributed by atoms with Crippen LogP contribution in [-0.2, 0) is 17.9 Å². The van der Waals surface area contributed by atoms with E-state index in [1.165, 1.54) is 12.1 Å². The van der Waals surface area contributed by atoms with Crippen LogP contribution in [-0.4, -0.2) is 36.9 Å². The zero-order valence-electron chi connectivity index (χ0n) is 15.6. The molecule has 0 spiro atoms. The fraction of sp³-hybridized carbons (Fsp3) is 0.300. The Bertz CT molecular complexity index is 740. The third-order valence-electron chi connectivity index (χ3n) is 3.71. The van der Waals surface area contributed by atoms with E-state index in [4.69, 9.17) is 0 Å². The van der Waals surface area contributed by atoms with Crippen LogP contribution in [0.1, 0.15) is 18.1 Å². The molecule has 0 fully saturated rings. The summed E-state index contributed by atoms with van der Waals surface area (Å²) in [6, 6.07) is 16.2. The van der Waals surface area contributed by atoms with Crippen LogP contribution >= 0.6 is 24.0 Å². The van der Waals surface area contributed by atoms with Crippen molar-refractivity contribution in [1.82, 2.24) is 15.5 Å². The lowest BCUT2D eigenvalue weighted by Crippen LogP contribution is -2.39. The summed E-state index contributed by atoms with van der Waals surface area (Å²) in [6.07, 6.45) is 0. The van der Waals surface area contributed by atoms with Crippen molar-refractivity contribution < 1.29 is 9.18 Å². The summed E-state index contributed by atoms with van der Waals surface area (Å²) in [5.41, 5.74) is 1.88. The predicted molar refractivity (Wildman–Crippen MR) is 118 cm³/mol. The van der Waals surface area contributed by atoms with E-state index in [9.17, 15) is 9.18 Å². The van der Waals surface area contributed by atoms with E-state index in [-0.39, 0.29) is 42.2 Å². The number of hydrogen-bond acceptors (Lipinski definition) is 2. The van der Waals surface area contributed by atoms with E-state index < -0.39 is 0 Å². The van der Waals surface area contributed by atoms with Gasteiger partial charge in [-0.05, 0) is 30.2 Å². The Labute approximate surface area is 177 Å². The molecule has 0 bridgehead atoms. The quantitative estimate of drug-likeness (QED) is 0.361. The monoisotopic (exact) mass is 484 g/mol. The van der Waals surface area contributed by atoms with Crippen molar-refractivity contribution in [1.29, 1.82) is 0 Å². The number of hydrogen-bond donors (Lipinski definition) is 2. The van der Waals surface area contributed by atoms with Crippen LogP contribution in [0, 0.1) is 5.82 Å². The molecule has 0 aliphatic rings. The van der Waals surface area contributed by atoms with E-state index in [2.05, 4.69) is 15.6 Å². The van der Waals surface area contributed by atoms with Gasteiger partial charge in [-0.2, -0.15) is 0 Å². The molecule has 1 amide bonds. The molecular formula is C20H26FIN4O. The number of rotatable bonds is 7. The maximum Gasteiger partial charge on any atom is 0.242 e. The standard InChI is InChI=1S/C20H25FN4O.HI/c1-3-22-20(25(2)15-17-10-7-11-18(21)12-17)24-14-19(26)23-13-16-8-5-4-6-9-16;/h4-12H,3,13-15H2,1-2H3,(H,22,24)(H,23,26);1H. The maximum absolute atomic E-state index is 13.3. The first kappa shape index (κ1) is 22.9. The van der Waals surface area contributed by atoms with E-state index in [0.29, 0.717) is 25.6 Å². The molecular weight excluding hydrogens is 458 g/mol. The summed E-state index contributed by atoms with van der Waals surface area (Å²) >= 11 is 0. The van der Waals surface area contributed by atoms with Crippen molar-refractivity contribution in [3.8, 4) is 0 Å². The first-order chi connectivity index (χ1) is 12.6. The molecule has 2 aromatic rings. The van der Waals surface area contributed by atoms with Crippen molar-refractivity contribution >= 4 is 35.8 Å². The first-order valence-corrected chi connectivity index (χ1v) is 8.63. The number of benzene rings is 2. The summed E-state index contributed by atoms with van der Waals surface area (Å²) < 4.78 is 13.3. The number of guanidine groups is 1. The summed E-state index contributed by atoms with van der Waals surface area (Å²) in [5.74, 6) is 0.188. The van der Waals surface area contributed by atoms with Crippen molar-refractivity contribution in [3.63, 3.8) is 0 Å². The lowest BCUT2D eigenvalue weighted by molar-refractivity contribution is -0.119. The molecule has 0 saturated heterocycles. The Kier molecular flexibility index (Phi) is 10.4. The van der Waals surface area contributed by atoms with Crippen molar-refractivity contribution in [2.45, 2.75) is 20.0 Å². The highest BCUT2D eigenvalue weighted by atomic mass is 127. The molecule has 2 N–H and O–H groups in total. The van der Waals surface area contributed by atoms with Gasteiger partial charge in [-0.15, -0.1) is 24.0 Å². The Balaban J connectivity index is 0.00000364. The molecule has 0 unspecified atom stereocenters. The van der Waals surface area contributed by atoms with Crippen LogP contribution < -0.4 is 10.6 Å². The van der Waals surface area contributed by atoms with Gasteiger partial charge in [0.05, 0.1) is 0 Å². The maximum atomic E-state index is 13.3. The van der Waals surface area contributed by atoms with Crippen LogP contribution in [0.2, 0.25) is 0 Å². The molecule has 0 aromatic heterocycles. The summed E-state index contributed by atoms with van der Waals surface area (Å²) in [4.78, 5) is 18.3. The Hall–Kier alpha value is -2.16. The Morgan fingerprint density at radius 2 is 1.78 bits per heavy atom. The number of amides is 1.